The number of para-hydroxylation sites is 1. The van der Waals surface area contributed by atoms with Gasteiger partial charge in [0.25, 0.3) is 0 Å². The Balaban J connectivity index is 1.64. The van der Waals surface area contributed by atoms with Crippen LogP contribution in [0.5, 0.6) is 5.75 Å². The Labute approximate surface area is 160 Å². The Kier molecular flexibility index (Phi) is 4.82. The molecule has 0 saturated carbocycles. The number of nitrogens with two attached hydrogens (primary N) is 1. The van der Waals surface area contributed by atoms with E-state index in [4.69, 9.17) is 24.5 Å². The van der Waals surface area contributed by atoms with E-state index in [0.29, 0.717) is 28.4 Å². The summed E-state index contributed by atoms with van der Waals surface area (Å²) < 4.78 is 16.9. The third kappa shape index (κ3) is 3.60. The molecule has 0 unspecified atom stereocenters. The molecule has 2 aromatic carbocycles. The molecule has 4 rings (SSSR count). The first-order chi connectivity index (χ1) is 13.6. The van der Waals surface area contributed by atoms with Crippen molar-refractivity contribution in [3.05, 3.63) is 71.6 Å². The molecule has 0 spiro atoms. The first-order valence-electron chi connectivity index (χ1n) is 8.72. The van der Waals surface area contributed by atoms with Crippen molar-refractivity contribution in [1.29, 1.82) is 0 Å². The number of aliphatic carboxylic acids is 1. The van der Waals surface area contributed by atoms with Crippen LogP contribution in [0.1, 0.15) is 16.8 Å². The van der Waals surface area contributed by atoms with Gasteiger partial charge in [0.15, 0.2) is 5.76 Å². The summed E-state index contributed by atoms with van der Waals surface area (Å²) in [5.74, 6) is 0.205. The lowest BCUT2D eigenvalue weighted by Gasteiger charge is -2.11. The minimum Gasteiger partial charge on any atom is -0.489 e. The molecule has 4 aromatic rings. The van der Waals surface area contributed by atoms with Crippen molar-refractivity contribution in [2.45, 2.75) is 19.6 Å². The molecule has 2 heterocycles. The quantitative estimate of drug-likeness (QED) is 0.503. The molecule has 0 aliphatic heterocycles. The zero-order valence-electron chi connectivity index (χ0n) is 14.9. The van der Waals surface area contributed by atoms with E-state index in [-0.39, 0.29) is 19.6 Å². The third-order valence-electron chi connectivity index (χ3n) is 4.35. The van der Waals surface area contributed by atoms with Crippen LogP contribution in [0.2, 0.25) is 0 Å². The molecule has 0 saturated heterocycles. The number of benzene rings is 2. The largest absolute Gasteiger partial charge is 0.489 e. The average Bonchev–Trinajstić information content (AvgIpc) is 3.35. The molecule has 28 heavy (non-hydrogen) atoms. The zero-order valence-corrected chi connectivity index (χ0v) is 14.9. The summed E-state index contributed by atoms with van der Waals surface area (Å²) in [4.78, 5) is 11.0. The lowest BCUT2D eigenvalue weighted by atomic mass is 10.1. The van der Waals surface area contributed by atoms with Crippen LogP contribution < -0.4 is 10.5 Å². The van der Waals surface area contributed by atoms with Gasteiger partial charge in [0.2, 0.25) is 0 Å². The van der Waals surface area contributed by atoms with Crippen LogP contribution in [0.4, 0.5) is 0 Å². The van der Waals surface area contributed by atoms with Crippen LogP contribution in [-0.4, -0.2) is 16.2 Å². The summed E-state index contributed by atoms with van der Waals surface area (Å²) in [7, 11) is 0. The van der Waals surface area contributed by atoms with E-state index in [2.05, 4.69) is 5.16 Å². The molecular formula is C21H18N2O5. The molecule has 0 bridgehead atoms. The van der Waals surface area contributed by atoms with Gasteiger partial charge < -0.3 is 24.5 Å². The first-order valence-corrected chi connectivity index (χ1v) is 8.72. The molecule has 0 radical (unpaired) electrons. The fraction of sp³-hybridized carbons (Fsp3) is 0.143. The van der Waals surface area contributed by atoms with Crippen LogP contribution in [-0.2, 0) is 24.4 Å². The second-order valence-corrected chi connectivity index (χ2v) is 6.34. The maximum atomic E-state index is 11.0. The number of hydrogen-bond donors (Lipinski definition) is 2. The number of fused-ring (bicyclic) bond motifs is 1. The topological polar surface area (TPSA) is 112 Å². The van der Waals surface area contributed by atoms with Gasteiger partial charge >= 0.3 is 5.97 Å². The number of nitrogens with zero attached hydrogens (tertiary/aromatic N) is 1. The SMILES string of the molecule is NCc1cc(-c2cc(COc3ccccc3CC(=O)O)cc3ccoc23)on1. The van der Waals surface area contributed by atoms with Crippen molar-refractivity contribution in [2.75, 3.05) is 0 Å². The highest BCUT2D eigenvalue weighted by Crippen LogP contribution is 2.32. The van der Waals surface area contributed by atoms with E-state index in [1.807, 2.05) is 24.3 Å². The van der Waals surface area contributed by atoms with E-state index in [9.17, 15) is 4.79 Å². The van der Waals surface area contributed by atoms with Gasteiger partial charge in [-0.15, -0.1) is 0 Å². The number of aromatic nitrogens is 1. The molecule has 0 atom stereocenters. The van der Waals surface area contributed by atoms with Crippen LogP contribution >= 0.6 is 0 Å². The molecule has 0 aliphatic carbocycles. The van der Waals surface area contributed by atoms with Gasteiger partial charge in [-0.25, -0.2) is 0 Å². The Morgan fingerprint density at radius 3 is 2.82 bits per heavy atom. The van der Waals surface area contributed by atoms with Crippen LogP contribution in [0.25, 0.3) is 22.3 Å². The summed E-state index contributed by atoms with van der Waals surface area (Å²) in [6, 6.07) is 14.6. The third-order valence-corrected chi connectivity index (χ3v) is 4.35. The fourth-order valence-corrected chi connectivity index (χ4v) is 3.06. The lowest BCUT2D eigenvalue weighted by molar-refractivity contribution is -0.136. The predicted molar refractivity (Wildman–Crippen MR) is 102 cm³/mol. The highest BCUT2D eigenvalue weighted by Gasteiger charge is 2.15. The number of carboxylic acid groups (broad SMARTS) is 1. The summed E-state index contributed by atoms with van der Waals surface area (Å²) >= 11 is 0. The number of carbonyl (C=O) groups is 1. The normalized spacial score (nSPS) is 11.0. The number of ether oxygens (including phenoxy) is 1. The average molecular weight is 378 g/mol. The Morgan fingerprint density at radius 1 is 1.18 bits per heavy atom. The molecule has 0 amide bonds. The van der Waals surface area contributed by atoms with Crippen molar-refractivity contribution >= 4 is 16.9 Å². The number of hydrogen-bond acceptors (Lipinski definition) is 6. The molecule has 0 aliphatic rings. The number of rotatable bonds is 7. The summed E-state index contributed by atoms with van der Waals surface area (Å²) in [6.07, 6.45) is 1.52. The van der Waals surface area contributed by atoms with Gasteiger partial charge in [-0.1, -0.05) is 23.4 Å². The van der Waals surface area contributed by atoms with E-state index in [1.54, 1.807) is 30.5 Å². The maximum absolute atomic E-state index is 11.0. The minimum atomic E-state index is -0.904. The number of carboxylic acids is 1. The first kappa shape index (κ1) is 17.8. The van der Waals surface area contributed by atoms with Crippen LogP contribution in [0.15, 0.2) is 63.7 Å². The van der Waals surface area contributed by atoms with E-state index < -0.39 is 5.97 Å². The van der Waals surface area contributed by atoms with Gasteiger partial charge in [0.05, 0.1) is 23.9 Å². The van der Waals surface area contributed by atoms with Crippen molar-refractivity contribution < 1.29 is 23.6 Å². The highest BCUT2D eigenvalue weighted by molar-refractivity contribution is 5.91. The van der Waals surface area contributed by atoms with Gasteiger partial charge in [-0.05, 0) is 29.8 Å². The Bertz CT molecular complexity index is 1130. The second kappa shape index (κ2) is 7.58. The minimum absolute atomic E-state index is 0.0951. The van der Waals surface area contributed by atoms with E-state index in [0.717, 1.165) is 16.5 Å². The summed E-state index contributed by atoms with van der Waals surface area (Å²) in [6.45, 7) is 0.552. The molecular weight excluding hydrogens is 360 g/mol. The van der Waals surface area contributed by atoms with Crippen molar-refractivity contribution in [3.8, 4) is 17.1 Å². The molecule has 142 valence electrons. The van der Waals surface area contributed by atoms with Crippen molar-refractivity contribution in [3.63, 3.8) is 0 Å². The summed E-state index contributed by atoms with van der Waals surface area (Å²) in [5, 5.41) is 13.9. The lowest BCUT2D eigenvalue weighted by Crippen LogP contribution is -2.04. The van der Waals surface area contributed by atoms with Crippen LogP contribution in [0.3, 0.4) is 0 Å². The van der Waals surface area contributed by atoms with Gasteiger partial charge in [-0.3, -0.25) is 4.79 Å². The molecule has 7 nitrogen and oxygen atoms in total. The molecule has 3 N–H and O–H groups in total. The summed E-state index contributed by atoms with van der Waals surface area (Å²) in [5.41, 5.74) is 9.23. The molecule has 2 aromatic heterocycles. The molecule has 0 fully saturated rings. The van der Waals surface area contributed by atoms with Crippen molar-refractivity contribution in [2.24, 2.45) is 5.73 Å². The smallest absolute Gasteiger partial charge is 0.307 e. The Morgan fingerprint density at radius 2 is 2.04 bits per heavy atom. The number of furan rings is 1. The second-order valence-electron chi connectivity index (χ2n) is 6.34. The predicted octanol–water partition coefficient (Wildman–Crippen LogP) is 3.75. The molecule has 7 heteroatoms. The van der Waals surface area contributed by atoms with Crippen LogP contribution in [0, 0.1) is 0 Å². The maximum Gasteiger partial charge on any atom is 0.307 e. The monoisotopic (exact) mass is 378 g/mol. The van der Waals surface area contributed by atoms with E-state index in [1.165, 1.54) is 0 Å². The van der Waals surface area contributed by atoms with Gasteiger partial charge in [0, 0.05) is 23.6 Å². The van der Waals surface area contributed by atoms with Gasteiger partial charge in [-0.2, -0.15) is 0 Å². The van der Waals surface area contributed by atoms with E-state index >= 15 is 0 Å². The fourth-order valence-electron chi connectivity index (χ4n) is 3.06. The zero-order chi connectivity index (χ0) is 19.5. The van der Waals surface area contributed by atoms with Gasteiger partial charge in [0.1, 0.15) is 17.9 Å². The standard InChI is InChI=1S/C21H18N2O5/c22-11-16-10-19(28-23-16)17-8-13(7-15-5-6-26-21(15)17)12-27-18-4-2-1-3-14(18)9-20(24)25/h1-8,10H,9,11-12,22H2,(H,24,25). The Hall–Kier alpha value is -3.58. The van der Waals surface area contributed by atoms with Crippen molar-refractivity contribution in [1.82, 2.24) is 5.16 Å². The highest BCUT2D eigenvalue weighted by atomic mass is 16.5.